The first kappa shape index (κ1) is 18.0. The summed E-state index contributed by atoms with van der Waals surface area (Å²) in [5.41, 5.74) is 0.555. The van der Waals surface area contributed by atoms with Crippen molar-refractivity contribution in [3.05, 3.63) is 29.8 Å². The van der Waals surface area contributed by atoms with E-state index in [0.29, 0.717) is 6.54 Å². The Morgan fingerprint density at radius 1 is 1.18 bits per heavy atom. The molecule has 5 heteroatoms. The fourth-order valence-electron chi connectivity index (χ4n) is 1.69. The summed E-state index contributed by atoms with van der Waals surface area (Å²) < 4.78 is 5.77. The number of carbonyl (C=O) groups excluding carboxylic acids is 2. The van der Waals surface area contributed by atoms with Crippen molar-refractivity contribution in [1.29, 1.82) is 0 Å². The Morgan fingerprint density at radius 3 is 2.41 bits per heavy atom. The van der Waals surface area contributed by atoms with E-state index in [-0.39, 0.29) is 24.5 Å². The molecule has 22 heavy (non-hydrogen) atoms. The first-order valence-electron chi connectivity index (χ1n) is 7.47. The molecule has 0 saturated carbocycles. The van der Waals surface area contributed by atoms with Crippen molar-refractivity contribution < 1.29 is 14.3 Å². The zero-order valence-corrected chi connectivity index (χ0v) is 14.0. The number of hydrogen-bond donors (Lipinski definition) is 2. The highest BCUT2D eigenvalue weighted by Crippen LogP contribution is 2.17. The van der Waals surface area contributed by atoms with Crippen LogP contribution in [0.1, 0.15) is 33.3 Å². The van der Waals surface area contributed by atoms with Crippen molar-refractivity contribution in [2.45, 2.75) is 40.7 Å². The molecular weight excluding hydrogens is 280 g/mol. The van der Waals surface area contributed by atoms with Crippen molar-refractivity contribution in [2.24, 2.45) is 5.41 Å². The molecule has 0 saturated heterocycles. The highest BCUT2D eigenvalue weighted by molar-refractivity contribution is 5.87. The molecule has 1 aromatic carbocycles. The highest BCUT2D eigenvalue weighted by Gasteiger charge is 2.21. The molecule has 0 fully saturated rings. The van der Waals surface area contributed by atoms with Gasteiger partial charge >= 0.3 is 0 Å². The second-order valence-electron chi connectivity index (χ2n) is 6.43. The molecule has 1 atom stereocenters. The molecule has 0 radical (unpaired) electrons. The SMILES string of the molecule is Cc1ccccc1O[C@H](C)CNC(=O)CNC(=O)C(C)(C)C. The standard InChI is InChI=1S/C17H26N2O3/c1-12-8-6-7-9-14(12)22-13(2)10-18-15(20)11-19-16(21)17(3,4)5/h6-9,13H,10-11H2,1-5H3,(H,18,20)(H,19,21)/t13-/m1/s1. The van der Waals surface area contributed by atoms with Crippen LogP contribution in [-0.4, -0.2) is 31.0 Å². The normalized spacial score (nSPS) is 12.4. The number of amides is 2. The smallest absolute Gasteiger partial charge is 0.239 e. The molecule has 0 aromatic heterocycles. The maximum Gasteiger partial charge on any atom is 0.239 e. The van der Waals surface area contributed by atoms with E-state index in [4.69, 9.17) is 4.74 Å². The molecule has 0 aliphatic rings. The number of nitrogens with one attached hydrogen (secondary N) is 2. The third-order valence-electron chi connectivity index (χ3n) is 3.10. The van der Waals surface area contributed by atoms with Crippen molar-refractivity contribution in [3.8, 4) is 5.75 Å². The van der Waals surface area contributed by atoms with Crippen LogP contribution < -0.4 is 15.4 Å². The van der Waals surface area contributed by atoms with E-state index in [0.717, 1.165) is 11.3 Å². The number of ether oxygens (including phenoxy) is 1. The van der Waals surface area contributed by atoms with E-state index in [2.05, 4.69) is 10.6 Å². The van der Waals surface area contributed by atoms with Crippen LogP contribution in [0, 0.1) is 12.3 Å². The second kappa shape index (κ2) is 7.82. The van der Waals surface area contributed by atoms with Crippen LogP contribution in [-0.2, 0) is 9.59 Å². The van der Waals surface area contributed by atoms with Gasteiger partial charge in [0.1, 0.15) is 11.9 Å². The lowest BCUT2D eigenvalue weighted by atomic mass is 9.96. The van der Waals surface area contributed by atoms with Gasteiger partial charge in [0.25, 0.3) is 0 Å². The average Bonchev–Trinajstić information content (AvgIpc) is 2.44. The lowest BCUT2D eigenvalue weighted by Gasteiger charge is -2.19. The van der Waals surface area contributed by atoms with Crippen molar-refractivity contribution in [1.82, 2.24) is 10.6 Å². The molecule has 0 aliphatic heterocycles. The lowest BCUT2D eigenvalue weighted by Crippen LogP contribution is -2.43. The Morgan fingerprint density at radius 2 is 1.82 bits per heavy atom. The molecule has 2 amide bonds. The van der Waals surface area contributed by atoms with Crippen LogP contribution in [0.4, 0.5) is 0 Å². The number of aryl methyl sites for hydroxylation is 1. The van der Waals surface area contributed by atoms with E-state index < -0.39 is 5.41 Å². The minimum absolute atomic E-state index is 0.0206. The second-order valence-corrected chi connectivity index (χ2v) is 6.43. The minimum Gasteiger partial charge on any atom is -0.489 e. The largest absolute Gasteiger partial charge is 0.489 e. The maximum atomic E-state index is 11.7. The quantitative estimate of drug-likeness (QED) is 0.845. The van der Waals surface area contributed by atoms with E-state index in [1.807, 2.05) is 38.1 Å². The number of carbonyl (C=O) groups is 2. The van der Waals surface area contributed by atoms with Gasteiger partial charge < -0.3 is 15.4 Å². The summed E-state index contributed by atoms with van der Waals surface area (Å²) in [7, 11) is 0. The van der Waals surface area contributed by atoms with Gasteiger partial charge in [-0.1, -0.05) is 39.0 Å². The van der Waals surface area contributed by atoms with E-state index in [9.17, 15) is 9.59 Å². The maximum absolute atomic E-state index is 11.7. The molecule has 0 spiro atoms. The van der Waals surface area contributed by atoms with Crippen LogP contribution in [0.15, 0.2) is 24.3 Å². The Kier molecular flexibility index (Phi) is 6.40. The molecule has 0 unspecified atom stereocenters. The van der Waals surface area contributed by atoms with Crippen molar-refractivity contribution >= 4 is 11.8 Å². The zero-order valence-electron chi connectivity index (χ0n) is 14.0. The molecular formula is C17H26N2O3. The van der Waals surface area contributed by atoms with Crippen LogP contribution in [0.2, 0.25) is 0 Å². The fourth-order valence-corrected chi connectivity index (χ4v) is 1.69. The van der Waals surface area contributed by atoms with Gasteiger partial charge in [0.2, 0.25) is 11.8 Å². The van der Waals surface area contributed by atoms with Crippen LogP contribution >= 0.6 is 0 Å². The van der Waals surface area contributed by atoms with Gasteiger partial charge in [-0.25, -0.2) is 0 Å². The minimum atomic E-state index is -0.498. The lowest BCUT2D eigenvalue weighted by molar-refractivity contribution is -0.131. The zero-order chi connectivity index (χ0) is 16.8. The predicted molar refractivity (Wildman–Crippen MR) is 86.7 cm³/mol. The summed E-state index contributed by atoms with van der Waals surface area (Å²) in [5.74, 6) is 0.440. The molecule has 5 nitrogen and oxygen atoms in total. The van der Waals surface area contributed by atoms with Crippen molar-refractivity contribution in [2.75, 3.05) is 13.1 Å². The molecule has 0 bridgehead atoms. The van der Waals surface area contributed by atoms with Gasteiger partial charge in [-0.05, 0) is 25.5 Å². The number of rotatable bonds is 6. The van der Waals surface area contributed by atoms with Crippen LogP contribution in [0.5, 0.6) is 5.75 Å². The third kappa shape index (κ3) is 6.16. The molecule has 0 aliphatic carbocycles. The topological polar surface area (TPSA) is 67.4 Å². The predicted octanol–water partition coefficient (Wildman–Crippen LogP) is 2.04. The summed E-state index contributed by atoms with van der Waals surface area (Å²) in [6, 6.07) is 7.74. The van der Waals surface area contributed by atoms with Gasteiger partial charge in [0.05, 0.1) is 13.1 Å². The summed E-state index contributed by atoms with van der Waals surface area (Å²) in [6.07, 6.45) is -0.150. The molecule has 2 N–H and O–H groups in total. The number of para-hydroxylation sites is 1. The fraction of sp³-hybridized carbons (Fsp3) is 0.529. The summed E-state index contributed by atoms with van der Waals surface area (Å²) in [4.78, 5) is 23.4. The van der Waals surface area contributed by atoms with Gasteiger partial charge in [-0.15, -0.1) is 0 Å². The number of hydrogen-bond acceptors (Lipinski definition) is 3. The average molecular weight is 306 g/mol. The first-order chi connectivity index (χ1) is 10.2. The summed E-state index contributed by atoms with van der Waals surface area (Å²) >= 11 is 0. The Hall–Kier alpha value is -2.04. The Bertz CT molecular complexity index is 521. The molecule has 1 rings (SSSR count). The van der Waals surface area contributed by atoms with Gasteiger partial charge in [0.15, 0.2) is 0 Å². The van der Waals surface area contributed by atoms with E-state index in [1.165, 1.54) is 0 Å². The summed E-state index contributed by atoms with van der Waals surface area (Å²) in [6.45, 7) is 9.64. The van der Waals surface area contributed by atoms with E-state index in [1.54, 1.807) is 20.8 Å². The monoisotopic (exact) mass is 306 g/mol. The van der Waals surface area contributed by atoms with Gasteiger partial charge in [-0.2, -0.15) is 0 Å². The van der Waals surface area contributed by atoms with Crippen LogP contribution in [0.3, 0.4) is 0 Å². The summed E-state index contributed by atoms with van der Waals surface area (Å²) in [5, 5.41) is 5.36. The highest BCUT2D eigenvalue weighted by atomic mass is 16.5. The Labute approximate surface area is 132 Å². The molecule has 1 aromatic rings. The third-order valence-corrected chi connectivity index (χ3v) is 3.10. The van der Waals surface area contributed by atoms with Gasteiger partial charge in [0, 0.05) is 5.41 Å². The van der Waals surface area contributed by atoms with Crippen LogP contribution in [0.25, 0.3) is 0 Å². The first-order valence-corrected chi connectivity index (χ1v) is 7.47. The molecule has 122 valence electrons. The number of benzene rings is 1. The van der Waals surface area contributed by atoms with E-state index >= 15 is 0 Å². The van der Waals surface area contributed by atoms with Gasteiger partial charge in [-0.3, -0.25) is 9.59 Å². The molecule has 0 heterocycles. The van der Waals surface area contributed by atoms with Crippen molar-refractivity contribution in [3.63, 3.8) is 0 Å². The Balaban J connectivity index is 2.32.